The van der Waals surface area contributed by atoms with E-state index in [1.807, 2.05) is 7.05 Å². The van der Waals surface area contributed by atoms with Gasteiger partial charge in [0.2, 0.25) is 5.91 Å². The van der Waals surface area contributed by atoms with Crippen molar-refractivity contribution in [3.05, 3.63) is 34.9 Å². The van der Waals surface area contributed by atoms with Crippen molar-refractivity contribution in [2.24, 2.45) is 0 Å². The summed E-state index contributed by atoms with van der Waals surface area (Å²) in [6.45, 7) is 5.85. The highest BCUT2D eigenvalue weighted by molar-refractivity contribution is 5.75. The van der Waals surface area contributed by atoms with Crippen molar-refractivity contribution in [2.45, 2.75) is 33.1 Å². The molecular formula is C15H24N2O. The normalized spacial score (nSPS) is 10.4. The summed E-state index contributed by atoms with van der Waals surface area (Å²) in [6.07, 6.45) is 2.40. The summed E-state index contributed by atoms with van der Waals surface area (Å²) < 4.78 is 0. The number of hydrogen-bond donors (Lipinski definition) is 2. The Labute approximate surface area is 110 Å². The molecule has 0 saturated heterocycles. The Hall–Kier alpha value is -1.35. The molecule has 0 aromatic heterocycles. The lowest BCUT2D eigenvalue weighted by atomic mass is 10.0. The second kappa shape index (κ2) is 7.88. The molecule has 1 aromatic rings. The minimum Gasteiger partial charge on any atom is -0.356 e. The largest absolute Gasteiger partial charge is 0.356 e. The summed E-state index contributed by atoms with van der Waals surface area (Å²) in [4.78, 5) is 11.5. The van der Waals surface area contributed by atoms with Gasteiger partial charge in [-0.25, -0.2) is 0 Å². The number of benzene rings is 1. The van der Waals surface area contributed by atoms with Gasteiger partial charge in [-0.1, -0.05) is 18.2 Å². The molecule has 18 heavy (non-hydrogen) atoms. The molecule has 0 radical (unpaired) electrons. The Kier molecular flexibility index (Phi) is 6.44. The monoisotopic (exact) mass is 248 g/mol. The highest BCUT2D eigenvalue weighted by atomic mass is 16.1. The molecule has 3 nitrogen and oxygen atoms in total. The van der Waals surface area contributed by atoms with Crippen LogP contribution in [0, 0.1) is 13.8 Å². The van der Waals surface area contributed by atoms with Crippen molar-refractivity contribution in [2.75, 3.05) is 20.1 Å². The van der Waals surface area contributed by atoms with Gasteiger partial charge in [-0.3, -0.25) is 4.79 Å². The third kappa shape index (κ3) is 5.32. The van der Waals surface area contributed by atoms with Gasteiger partial charge in [0.25, 0.3) is 0 Å². The van der Waals surface area contributed by atoms with E-state index in [0.717, 1.165) is 25.9 Å². The molecule has 0 fully saturated rings. The van der Waals surface area contributed by atoms with Crippen LogP contribution in [0.4, 0.5) is 0 Å². The van der Waals surface area contributed by atoms with Gasteiger partial charge < -0.3 is 10.6 Å². The van der Waals surface area contributed by atoms with Gasteiger partial charge in [-0.15, -0.1) is 0 Å². The highest BCUT2D eigenvalue weighted by Gasteiger charge is 2.01. The maximum atomic E-state index is 11.5. The zero-order chi connectivity index (χ0) is 13.4. The number of amides is 1. The number of rotatable bonds is 7. The Morgan fingerprint density at radius 2 is 1.94 bits per heavy atom. The number of carbonyl (C=O) groups is 1. The molecule has 3 heteroatoms. The summed E-state index contributed by atoms with van der Waals surface area (Å²) in [5.74, 6) is 0.147. The average molecular weight is 248 g/mol. The van der Waals surface area contributed by atoms with Gasteiger partial charge in [0.1, 0.15) is 0 Å². The fourth-order valence-corrected chi connectivity index (χ4v) is 1.82. The standard InChI is InChI=1S/C15H24N2O/c1-12-6-7-14(11-13(12)2)8-10-17-15(18)5-4-9-16-3/h6-7,11,16H,4-5,8-10H2,1-3H3,(H,17,18). The molecule has 0 aliphatic heterocycles. The zero-order valence-electron chi connectivity index (χ0n) is 11.7. The van der Waals surface area contributed by atoms with Crippen LogP contribution >= 0.6 is 0 Å². The summed E-state index contributed by atoms with van der Waals surface area (Å²) in [5.41, 5.74) is 3.91. The van der Waals surface area contributed by atoms with Gasteiger partial charge in [-0.2, -0.15) is 0 Å². The molecule has 0 spiro atoms. The van der Waals surface area contributed by atoms with Gasteiger partial charge in [0, 0.05) is 13.0 Å². The van der Waals surface area contributed by atoms with Crippen LogP contribution < -0.4 is 10.6 Å². The van der Waals surface area contributed by atoms with Crippen molar-refractivity contribution >= 4 is 5.91 Å². The van der Waals surface area contributed by atoms with E-state index in [9.17, 15) is 4.79 Å². The third-order valence-electron chi connectivity index (χ3n) is 3.14. The molecule has 0 aliphatic rings. The summed E-state index contributed by atoms with van der Waals surface area (Å²) in [7, 11) is 1.90. The Morgan fingerprint density at radius 1 is 1.17 bits per heavy atom. The van der Waals surface area contributed by atoms with Crippen LogP contribution in [-0.2, 0) is 11.2 Å². The van der Waals surface area contributed by atoms with E-state index in [0.29, 0.717) is 6.42 Å². The van der Waals surface area contributed by atoms with Crippen LogP contribution in [0.5, 0.6) is 0 Å². The van der Waals surface area contributed by atoms with Crippen molar-refractivity contribution in [3.8, 4) is 0 Å². The molecule has 0 aliphatic carbocycles. The molecular weight excluding hydrogens is 224 g/mol. The van der Waals surface area contributed by atoms with Crippen LogP contribution in [0.2, 0.25) is 0 Å². The van der Waals surface area contributed by atoms with Crippen LogP contribution in [0.25, 0.3) is 0 Å². The van der Waals surface area contributed by atoms with Gasteiger partial charge in [-0.05, 0) is 57.0 Å². The van der Waals surface area contributed by atoms with E-state index in [1.54, 1.807) is 0 Å². The molecule has 0 saturated carbocycles. The number of carbonyl (C=O) groups excluding carboxylic acids is 1. The fraction of sp³-hybridized carbons (Fsp3) is 0.533. The molecule has 0 unspecified atom stereocenters. The summed E-state index contributed by atoms with van der Waals surface area (Å²) in [5, 5.41) is 5.99. The van der Waals surface area contributed by atoms with E-state index in [-0.39, 0.29) is 5.91 Å². The van der Waals surface area contributed by atoms with Gasteiger partial charge in [0.05, 0.1) is 0 Å². The van der Waals surface area contributed by atoms with Crippen molar-refractivity contribution in [1.29, 1.82) is 0 Å². The maximum absolute atomic E-state index is 11.5. The average Bonchev–Trinajstić information content (AvgIpc) is 2.34. The first-order chi connectivity index (χ1) is 8.63. The van der Waals surface area contributed by atoms with Crippen LogP contribution in [0.15, 0.2) is 18.2 Å². The summed E-state index contributed by atoms with van der Waals surface area (Å²) in [6, 6.07) is 6.47. The van der Waals surface area contributed by atoms with Crippen molar-refractivity contribution < 1.29 is 4.79 Å². The van der Waals surface area contributed by atoms with Crippen molar-refractivity contribution in [1.82, 2.24) is 10.6 Å². The Bertz CT molecular complexity index is 388. The summed E-state index contributed by atoms with van der Waals surface area (Å²) >= 11 is 0. The molecule has 0 atom stereocenters. The molecule has 0 heterocycles. The minimum absolute atomic E-state index is 0.147. The van der Waals surface area contributed by atoms with E-state index in [1.165, 1.54) is 16.7 Å². The van der Waals surface area contributed by atoms with E-state index >= 15 is 0 Å². The highest BCUT2D eigenvalue weighted by Crippen LogP contribution is 2.09. The van der Waals surface area contributed by atoms with E-state index in [4.69, 9.17) is 0 Å². The van der Waals surface area contributed by atoms with Crippen molar-refractivity contribution in [3.63, 3.8) is 0 Å². The Balaban J connectivity index is 2.24. The van der Waals surface area contributed by atoms with E-state index < -0.39 is 0 Å². The third-order valence-corrected chi connectivity index (χ3v) is 3.14. The van der Waals surface area contributed by atoms with Crippen LogP contribution in [0.1, 0.15) is 29.5 Å². The second-order valence-corrected chi connectivity index (χ2v) is 4.73. The zero-order valence-corrected chi connectivity index (χ0v) is 11.7. The first-order valence-corrected chi connectivity index (χ1v) is 6.61. The lowest BCUT2D eigenvalue weighted by Crippen LogP contribution is -2.26. The molecule has 2 N–H and O–H groups in total. The molecule has 1 rings (SSSR count). The first kappa shape index (κ1) is 14.7. The minimum atomic E-state index is 0.147. The SMILES string of the molecule is CNCCCC(=O)NCCc1ccc(C)c(C)c1. The number of aryl methyl sites for hydroxylation is 2. The van der Waals surface area contributed by atoms with Gasteiger partial charge >= 0.3 is 0 Å². The molecule has 1 amide bonds. The predicted octanol–water partition coefficient (Wildman–Crippen LogP) is 1.96. The fourth-order valence-electron chi connectivity index (χ4n) is 1.82. The first-order valence-electron chi connectivity index (χ1n) is 6.61. The van der Waals surface area contributed by atoms with Crippen LogP contribution in [0.3, 0.4) is 0 Å². The molecule has 1 aromatic carbocycles. The molecule has 0 bridgehead atoms. The van der Waals surface area contributed by atoms with Crippen LogP contribution in [-0.4, -0.2) is 26.0 Å². The molecule has 100 valence electrons. The second-order valence-electron chi connectivity index (χ2n) is 4.73. The predicted molar refractivity (Wildman–Crippen MR) is 75.8 cm³/mol. The topological polar surface area (TPSA) is 41.1 Å². The van der Waals surface area contributed by atoms with E-state index in [2.05, 4.69) is 42.7 Å². The smallest absolute Gasteiger partial charge is 0.220 e. The Morgan fingerprint density at radius 3 is 2.61 bits per heavy atom. The number of hydrogen-bond acceptors (Lipinski definition) is 2. The quantitative estimate of drug-likeness (QED) is 0.724. The lowest BCUT2D eigenvalue weighted by molar-refractivity contribution is -0.121. The van der Waals surface area contributed by atoms with Gasteiger partial charge in [0.15, 0.2) is 0 Å². The number of nitrogens with one attached hydrogen (secondary N) is 2. The lowest BCUT2D eigenvalue weighted by Gasteiger charge is -2.07. The maximum Gasteiger partial charge on any atom is 0.220 e.